The molecule has 3 heterocycles. The van der Waals surface area contributed by atoms with E-state index in [1.807, 2.05) is 47.8 Å². The van der Waals surface area contributed by atoms with Gasteiger partial charge in [0.2, 0.25) is 5.82 Å². The van der Waals surface area contributed by atoms with Gasteiger partial charge in [0.1, 0.15) is 6.54 Å². The monoisotopic (exact) mass is 310 g/mol. The number of para-hydroxylation sites is 1. The first kappa shape index (κ1) is 12.8. The van der Waals surface area contributed by atoms with E-state index in [4.69, 9.17) is 0 Å². The molecule has 4 aromatic rings. The number of thiophene rings is 1. The van der Waals surface area contributed by atoms with E-state index >= 15 is 0 Å². The van der Waals surface area contributed by atoms with Crippen LogP contribution in [-0.2, 0) is 6.54 Å². The van der Waals surface area contributed by atoms with Gasteiger partial charge < -0.3 is 0 Å². The van der Waals surface area contributed by atoms with Gasteiger partial charge in [0.15, 0.2) is 5.82 Å². The number of rotatable bonds is 4. The second-order valence-electron chi connectivity index (χ2n) is 4.46. The fourth-order valence-electron chi connectivity index (χ4n) is 2.02. The summed E-state index contributed by atoms with van der Waals surface area (Å²) in [4.78, 5) is 2.47. The Morgan fingerprint density at radius 2 is 1.86 bits per heavy atom. The van der Waals surface area contributed by atoms with Gasteiger partial charge in [0, 0.05) is 0 Å². The Morgan fingerprint density at radius 3 is 2.68 bits per heavy atom. The third-order valence-electron chi connectivity index (χ3n) is 3.01. The highest BCUT2D eigenvalue weighted by Crippen LogP contribution is 2.19. The van der Waals surface area contributed by atoms with E-state index in [1.54, 1.807) is 16.0 Å². The summed E-state index contributed by atoms with van der Waals surface area (Å²) in [5.41, 5.74) is 0.890. The molecule has 0 aliphatic heterocycles. The molecule has 0 saturated heterocycles. The van der Waals surface area contributed by atoms with Gasteiger partial charge in [0.05, 0.1) is 10.6 Å². The number of hydrogen-bond acceptors (Lipinski definition) is 7. The fraction of sp³-hybridized carbons (Fsp3) is 0.0769. The van der Waals surface area contributed by atoms with E-state index in [0.29, 0.717) is 18.2 Å². The molecule has 0 radical (unpaired) electrons. The van der Waals surface area contributed by atoms with Crippen molar-refractivity contribution in [3.05, 3.63) is 53.7 Å². The third-order valence-corrected chi connectivity index (χ3v) is 3.88. The molecule has 0 bridgehead atoms. The van der Waals surface area contributed by atoms with Crippen LogP contribution < -0.4 is 0 Å². The maximum absolute atomic E-state index is 4.36. The van der Waals surface area contributed by atoms with E-state index in [-0.39, 0.29) is 0 Å². The van der Waals surface area contributed by atoms with Crippen LogP contribution in [0.25, 0.3) is 16.4 Å². The topological polar surface area (TPSA) is 87.2 Å². The number of aromatic nitrogens is 8. The van der Waals surface area contributed by atoms with Crippen molar-refractivity contribution in [2.24, 2.45) is 0 Å². The van der Waals surface area contributed by atoms with Gasteiger partial charge in [-0.1, -0.05) is 24.3 Å². The van der Waals surface area contributed by atoms with Crippen molar-refractivity contribution in [3.63, 3.8) is 0 Å². The van der Waals surface area contributed by atoms with Crippen LogP contribution in [0.1, 0.15) is 5.82 Å². The van der Waals surface area contributed by atoms with Crippen molar-refractivity contribution in [1.29, 1.82) is 0 Å². The zero-order chi connectivity index (χ0) is 14.8. The van der Waals surface area contributed by atoms with E-state index in [9.17, 15) is 0 Å². The molecule has 0 aliphatic rings. The predicted octanol–water partition coefficient (Wildman–Crippen LogP) is 1.43. The summed E-state index contributed by atoms with van der Waals surface area (Å²) < 4.78 is 1.66. The molecule has 1 aromatic carbocycles. The predicted molar refractivity (Wildman–Crippen MR) is 79.4 cm³/mol. The van der Waals surface area contributed by atoms with Gasteiger partial charge in [-0.25, -0.2) is 0 Å². The second-order valence-corrected chi connectivity index (χ2v) is 5.41. The highest BCUT2D eigenvalue weighted by atomic mass is 32.1. The first-order valence-electron chi connectivity index (χ1n) is 6.54. The lowest BCUT2D eigenvalue weighted by Crippen LogP contribution is -2.11. The van der Waals surface area contributed by atoms with Crippen LogP contribution in [0, 0.1) is 0 Å². The molecular weight excluding hydrogens is 300 g/mol. The lowest BCUT2D eigenvalue weighted by atomic mass is 10.3. The van der Waals surface area contributed by atoms with Crippen LogP contribution in [0.4, 0.5) is 0 Å². The highest BCUT2D eigenvalue weighted by Gasteiger charge is 2.12. The van der Waals surface area contributed by atoms with Crippen LogP contribution in [0.15, 0.2) is 47.8 Å². The molecule has 9 heteroatoms. The lowest BCUT2D eigenvalue weighted by Gasteiger charge is -2.02. The zero-order valence-corrected chi connectivity index (χ0v) is 12.1. The normalized spacial score (nSPS) is 10.9. The van der Waals surface area contributed by atoms with Crippen molar-refractivity contribution in [2.75, 3.05) is 0 Å². The van der Waals surface area contributed by atoms with Crippen molar-refractivity contribution in [2.45, 2.75) is 6.54 Å². The minimum atomic E-state index is 0.347. The van der Waals surface area contributed by atoms with Gasteiger partial charge >= 0.3 is 0 Å². The fourth-order valence-corrected chi connectivity index (χ4v) is 2.66. The summed E-state index contributed by atoms with van der Waals surface area (Å²) in [6, 6.07) is 13.6. The summed E-state index contributed by atoms with van der Waals surface area (Å²) >= 11 is 1.57. The average molecular weight is 310 g/mol. The SMILES string of the molecule is c1ccc(-n2nnnc2Cn2nnc(-c3cccs3)n2)cc1. The number of hydrogen-bond donors (Lipinski definition) is 0. The van der Waals surface area contributed by atoms with Crippen molar-refractivity contribution < 1.29 is 0 Å². The second kappa shape index (κ2) is 5.45. The summed E-state index contributed by atoms with van der Waals surface area (Å²) in [6.45, 7) is 0.347. The molecule has 0 atom stereocenters. The van der Waals surface area contributed by atoms with Gasteiger partial charge in [0.25, 0.3) is 0 Å². The standard InChI is InChI=1S/C13H10N8S/c1-2-5-10(6-3-1)21-12(14-17-19-21)9-20-16-13(15-18-20)11-7-4-8-22-11/h1-8H,9H2. The summed E-state index contributed by atoms with van der Waals surface area (Å²) in [6.07, 6.45) is 0. The quantitative estimate of drug-likeness (QED) is 0.566. The van der Waals surface area contributed by atoms with Crippen LogP contribution >= 0.6 is 11.3 Å². The summed E-state index contributed by atoms with van der Waals surface area (Å²) in [7, 11) is 0. The minimum Gasteiger partial charge on any atom is -0.195 e. The van der Waals surface area contributed by atoms with Crippen molar-refractivity contribution in [1.82, 2.24) is 40.4 Å². The molecule has 108 valence electrons. The third kappa shape index (κ3) is 2.37. The molecule has 0 saturated carbocycles. The molecule has 0 aliphatic carbocycles. The maximum Gasteiger partial charge on any atom is 0.214 e. The van der Waals surface area contributed by atoms with Crippen molar-refractivity contribution >= 4 is 11.3 Å². The van der Waals surface area contributed by atoms with Crippen LogP contribution in [0.3, 0.4) is 0 Å². The molecular formula is C13H10N8S. The van der Waals surface area contributed by atoms with E-state index in [1.165, 1.54) is 4.80 Å². The number of tetrazole rings is 2. The Bertz CT molecular complexity index is 864. The van der Waals surface area contributed by atoms with Crippen LogP contribution in [0.5, 0.6) is 0 Å². The minimum absolute atomic E-state index is 0.347. The Hall–Kier alpha value is -2.94. The summed E-state index contributed by atoms with van der Waals surface area (Å²) in [5.74, 6) is 1.25. The molecule has 0 spiro atoms. The zero-order valence-electron chi connectivity index (χ0n) is 11.3. The molecule has 3 aromatic heterocycles. The lowest BCUT2D eigenvalue weighted by molar-refractivity contribution is 0.545. The average Bonchev–Trinajstić information content (AvgIpc) is 3.30. The molecule has 0 amide bonds. The molecule has 0 N–H and O–H groups in total. The van der Waals surface area contributed by atoms with E-state index in [0.717, 1.165) is 10.6 Å². The highest BCUT2D eigenvalue weighted by molar-refractivity contribution is 7.13. The largest absolute Gasteiger partial charge is 0.214 e. The Kier molecular flexibility index (Phi) is 3.16. The molecule has 8 nitrogen and oxygen atoms in total. The van der Waals surface area contributed by atoms with Gasteiger partial charge in [-0.05, 0) is 39.2 Å². The van der Waals surface area contributed by atoms with Crippen molar-refractivity contribution in [3.8, 4) is 16.4 Å². The summed E-state index contributed by atoms with van der Waals surface area (Å²) in [5, 5.41) is 26.2. The van der Waals surface area contributed by atoms with Crippen LogP contribution in [-0.4, -0.2) is 40.4 Å². The first-order valence-corrected chi connectivity index (χ1v) is 7.42. The Labute approximate surface area is 129 Å². The maximum atomic E-state index is 4.36. The van der Waals surface area contributed by atoms with E-state index < -0.39 is 0 Å². The van der Waals surface area contributed by atoms with Gasteiger partial charge in [-0.15, -0.1) is 26.6 Å². The number of nitrogens with zero attached hydrogens (tertiary/aromatic N) is 8. The Morgan fingerprint density at radius 1 is 0.955 bits per heavy atom. The molecule has 22 heavy (non-hydrogen) atoms. The van der Waals surface area contributed by atoms with E-state index in [2.05, 4.69) is 30.9 Å². The van der Waals surface area contributed by atoms with Gasteiger partial charge in [-0.3, -0.25) is 0 Å². The molecule has 0 unspecified atom stereocenters. The number of benzene rings is 1. The van der Waals surface area contributed by atoms with Crippen LogP contribution in [0.2, 0.25) is 0 Å². The smallest absolute Gasteiger partial charge is 0.195 e. The Balaban J connectivity index is 1.61. The first-order chi connectivity index (χ1) is 10.9. The van der Waals surface area contributed by atoms with Gasteiger partial charge in [-0.2, -0.15) is 9.48 Å². The molecule has 4 rings (SSSR count). The molecule has 0 fully saturated rings.